The number of unbranched alkanes of at least 4 members (excludes halogenated alkanes) is 1. The predicted octanol–water partition coefficient (Wildman–Crippen LogP) is 4.55. The van der Waals surface area contributed by atoms with Gasteiger partial charge in [-0.2, -0.15) is 0 Å². The highest BCUT2D eigenvalue weighted by molar-refractivity contribution is 5.18. The maximum absolute atomic E-state index is 3.59. The molecule has 96 valence electrons. The van der Waals surface area contributed by atoms with Crippen molar-refractivity contribution in [2.45, 2.75) is 52.5 Å². The first-order valence-corrected chi connectivity index (χ1v) is 7.02. The minimum absolute atomic E-state index is 0.536. The lowest BCUT2D eigenvalue weighted by Gasteiger charge is -2.18. The molecule has 0 spiro atoms. The van der Waals surface area contributed by atoms with Crippen LogP contribution in [0.25, 0.3) is 0 Å². The first kappa shape index (κ1) is 14.2. The van der Waals surface area contributed by atoms with Crippen molar-refractivity contribution < 1.29 is 0 Å². The van der Waals surface area contributed by atoms with Crippen LogP contribution in [-0.4, -0.2) is 6.54 Å². The van der Waals surface area contributed by atoms with Crippen molar-refractivity contribution in [1.29, 1.82) is 0 Å². The zero-order valence-electron chi connectivity index (χ0n) is 11.6. The van der Waals surface area contributed by atoms with E-state index >= 15 is 0 Å². The van der Waals surface area contributed by atoms with Crippen molar-refractivity contribution in [2.24, 2.45) is 5.92 Å². The molecule has 0 aliphatic rings. The van der Waals surface area contributed by atoms with E-state index in [1.54, 1.807) is 0 Å². The van der Waals surface area contributed by atoms with Gasteiger partial charge in [-0.1, -0.05) is 70.4 Å². The van der Waals surface area contributed by atoms with Gasteiger partial charge in [0.15, 0.2) is 0 Å². The summed E-state index contributed by atoms with van der Waals surface area (Å²) in [6.07, 6.45) is 5.29. The van der Waals surface area contributed by atoms with Gasteiger partial charge >= 0.3 is 0 Å². The molecule has 0 saturated carbocycles. The molecule has 1 unspecified atom stereocenters. The van der Waals surface area contributed by atoms with E-state index in [-0.39, 0.29) is 0 Å². The van der Waals surface area contributed by atoms with Gasteiger partial charge in [0.05, 0.1) is 0 Å². The van der Waals surface area contributed by atoms with Gasteiger partial charge in [0, 0.05) is 6.04 Å². The molecule has 0 fully saturated rings. The molecule has 0 saturated heterocycles. The fourth-order valence-electron chi connectivity index (χ4n) is 2.22. The molecule has 17 heavy (non-hydrogen) atoms. The molecule has 0 aliphatic heterocycles. The van der Waals surface area contributed by atoms with E-state index in [0.717, 1.165) is 12.5 Å². The Hall–Kier alpha value is -0.820. The van der Waals surface area contributed by atoms with Gasteiger partial charge in [-0.3, -0.25) is 0 Å². The molecule has 1 heteroatoms. The minimum atomic E-state index is 0.536. The van der Waals surface area contributed by atoms with Crippen LogP contribution in [0.2, 0.25) is 0 Å². The molecule has 1 aromatic carbocycles. The quantitative estimate of drug-likeness (QED) is 0.649. The average Bonchev–Trinajstić information content (AvgIpc) is 2.34. The summed E-state index contributed by atoms with van der Waals surface area (Å²) in [5.41, 5.74) is 1.43. The highest BCUT2D eigenvalue weighted by Crippen LogP contribution is 2.20. The van der Waals surface area contributed by atoms with Crippen molar-refractivity contribution in [3.05, 3.63) is 35.9 Å². The summed E-state index contributed by atoms with van der Waals surface area (Å²) in [4.78, 5) is 0. The normalized spacial score (nSPS) is 12.9. The van der Waals surface area contributed by atoms with Crippen LogP contribution in [0.1, 0.15) is 58.1 Å². The largest absolute Gasteiger partial charge is 0.310 e. The Labute approximate surface area is 107 Å². The molecule has 0 aliphatic carbocycles. The lowest BCUT2D eigenvalue weighted by atomic mass is 9.98. The van der Waals surface area contributed by atoms with Gasteiger partial charge in [0.2, 0.25) is 0 Å². The molecule has 1 N–H and O–H groups in total. The maximum Gasteiger partial charge on any atom is 0.0320 e. The van der Waals surface area contributed by atoms with Crippen LogP contribution in [0.5, 0.6) is 0 Å². The zero-order chi connectivity index (χ0) is 12.5. The van der Waals surface area contributed by atoms with Gasteiger partial charge in [-0.15, -0.1) is 0 Å². The van der Waals surface area contributed by atoms with Gasteiger partial charge in [-0.05, 0) is 24.4 Å². The van der Waals surface area contributed by atoms with E-state index in [1.807, 2.05) is 0 Å². The molecule has 0 aromatic heterocycles. The summed E-state index contributed by atoms with van der Waals surface area (Å²) in [7, 11) is 0. The van der Waals surface area contributed by atoms with Gasteiger partial charge in [-0.25, -0.2) is 0 Å². The second kappa shape index (κ2) is 8.30. The molecule has 0 radical (unpaired) electrons. The summed E-state index contributed by atoms with van der Waals surface area (Å²) in [6, 6.07) is 11.4. The topological polar surface area (TPSA) is 12.0 Å². The third-order valence-electron chi connectivity index (χ3n) is 3.18. The summed E-state index contributed by atoms with van der Waals surface area (Å²) in [5.74, 6) is 0.837. The standard InChI is InChI=1S/C16H27N/c1-4-17-16(13-9-8-10-14(2)3)15-11-6-5-7-12-15/h5-7,11-12,14,16-17H,4,8-10,13H2,1-3H3. The van der Waals surface area contributed by atoms with Gasteiger partial charge in [0.25, 0.3) is 0 Å². The molecule has 0 bridgehead atoms. The van der Waals surface area contributed by atoms with Crippen LogP contribution in [0.4, 0.5) is 0 Å². The smallest absolute Gasteiger partial charge is 0.0320 e. The van der Waals surface area contributed by atoms with Gasteiger partial charge < -0.3 is 5.32 Å². The van der Waals surface area contributed by atoms with Crippen molar-refractivity contribution in [3.8, 4) is 0 Å². The van der Waals surface area contributed by atoms with Crippen LogP contribution in [0.3, 0.4) is 0 Å². The Morgan fingerprint density at radius 1 is 1.00 bits per heavy atom. The predicted molar refractivity (Wildman–Crippen MR) is 76.2 cm³/mol. The Kier molecular flexibility index (Phi) is 6.95. The highest BCUT2D eigenvalue weighted by Gasteiger charge is 2.08. The SMILES string of the molecule is CCNC(CCCCC(C)C)c1ccccc1. The number of benzene rings is 1. The Bertz CT molecular complexity index is 279. The van der Waals surface area contributed by atoms with Crippen molar-refractivity contribution in [1.82, 2.24) is 5.32 Å². The third kappa shape index (κ3) is 5.88. The van der Waals surface area contributed by atoms with E-state index in [4.69, 9.17) is 0 Å². The Morgan fingerprint density at radius 3 is 2.24 bits per heavy atom. The first-order chi connectivity index (χ1) is 8.24. The zero-order valence-corrected chi connectivity index (χ0v) is 11.6. The molecule has 0 heterocycles. The number of hydrogen-bond acceptors (Lipinski definition) is 1. The van der Waals surface area contributed by atoms with E-state index in [2.05, 4.69) is 56.4 Å². The second-order valence-corrected chi connectivity index (χ2v) is 5.20. The Balaban J connectivity index is 2.39. The molecule has 0 amide bonds. The van der Waals surface area contributed by atoms with Crippen LogP contribution in [-0.2, 0) is 0 Å². The number of rotatable bonds is 8. The number of hydrogen-bond donors (Lipinski definition) is 1. The lowest BCUT2D eigenvalue weighted by Crippen LogP contribution is -2.20. The van der Waals surface area contributed by atoms with Crippen LogP contribution in [0, 0.1) is 5.92 Å². The monoisotopic (exact) mass is 233 g/mol. The molecule has 1 rings (SSSR count). The fraction of sp³-hybridized carbons (Fsp3) is 0.625. The third-order valence-corrected chi connectivity index (χ3v) is 3.18. The molecule has 1 atom stereocenters. The summed E-state index contributed by atoms with van der Waals surface area (Å²) >= 11 is 0. The molecule has 1 aromatic rings. The molecular weight excluding hydrogens is 206 g/mol. The van der Waals surface area contributed by atoms with Crippen LogP contribution in [0.15, 0.2) is 30.3 Å². The number of nitrogens with one attached hydrogen (secondary N) is 1. The van der Waals surface area contributed by atoms with Gasteiger partial charge in [0.1, 0.15) is 0 Å². The van der Waals surface area contributed by atoms with Crippen LogP contribution >= 0.6 is 0 Å². The van der Waals surface area contributed by atoms with Crippen molar-refractivity contribution in [2.75, 3.05) is 6.54 Å². The van der Waals surface area contributed by atoms with Crippen molar-refractivity contribution in [3.63, 3.8) is 0 Å². The summed E-state index contributed by atoms with van der Waals surface area (Å²) < 4.78 is 0. The minimum Gasteiger partial charge on any atom is -0.310 e. The van der Waals surface area contributed by atoms with E-state index in [0.29, 0.717) is 6.04 Å². The molecule has 1 nitrogen and oxygen atoms in total. The Morgan fingerprint density at radius 2 is 1.65 bits per heavy atom. The lowest BCUT2D eigenvalue weighted by molar-refractivity contribution is 0.460. The molecular formula is C16H27N. The second-order valence-electron chi connectivity index (χ2n) is 5.20. The summed E-state index contributed by atoms with van der Waals surface area (Å²) in [5, 5.41) is 3.59. The van der Waals surface area contributed by atoms with Crippen LogP contribution < -0.4 is 5.32 Å². The highest BCUT2D eigenvalue weighted by atomic mass is 14.9. The van der Waals surface area contributed by atoms with E-state index in [1.165, 1.54) is 31.2 Å². The van der Waals surface area contributed by atoms with Crippen molar-refractivity contribution >= 4 is 0 Å². The first-order valence-electron chi connectivity index (χ1n) is 7.02. The van der Waals surface area contributed by atoms with E-state index < -0.39 is 0 Å². The summed E-state index contributed by atoms with van der Waals surface area (Å²) in [6.45, 7) is 7.84. The van der Waals surface area contributed by atoms with E-state index in [9.17, 15) is 0 Å². The maximum atomic E-state index is 3.59. The average molecular weight is 233 g/mol. The fourth-order valence-corrected chi connectivity index (χ4v) is 2.22.